The fraction of sp³-hybridized carbons (Fsp3) is 0.222. The molecular formula is C18H18O6. The lowest BCUT2D eigenvalue weighted by molar-refractivity contribution is 0.0695. The molecule has 6 nitrogen and oxygen atoms in total. The molecule has 6 heteroatoms. The summed E-state index contributed by atoms with van der Waals surface area (Å²) in [6.45, 7) is 1.50. The van der Waals surface area contributed by atoms with Gasteiger partial charge < -0.3 is 19.7 Å². The molecule has 24 heavy (non-hydrogen) atoms. The van der Waals surface area contributed by atoms with Gasteiger partial charge in [-0.3, -0.25) is 0 Å². The summed E-state index contributed by atoms with van der Waals surface area (Å²) in [5.41, 5.74) is 1.53. The van der Waals surface area contributed by atoms with E-state index < -0.39 is 11.9 Å². The van der Waals surface area contributed by atoms with E-state index in [0.29, 0.717) is 23.5 Å². The molecular weight excluding hydrogens is 312 g/mol. The Bertz CT molecular complexity index is 794. The molecule has 0 saturated heterocycles. The van der Waals surface area contributed by atoms with Crippen LogP contribution < -0.4 is 9.47 Å². The summed E-state index contributed by atoms with van der Waals surface area (Å²) in [6.07, 6.45) is 0.301. The van der Waals surface area contributed by atoms with Crippen LogP contribution in [0.25, 0.3) is 0 Å². The van der Waals surface area contributed by atoms with Gasteiger partial charge in [-0.25, -0.2) is 9.59 Å². The van der Waals surface area contributed by atoms with Gasteiger partial charge in [-0.15, -0.1) is 0 Å². The molecule has 0 aliphatic carbocycles. The van der Waals surface area contributed by atoms with Crippen LogP contribution in [-0.4, -0.2) is 36.4 Å². The second-order valence-corrected chi connectivity index (χ2v) is 5.24. The highest BCUT2D eigenvalue weighted by atomic mass is 16.5. The maximum Gasteiger partial charge on any atom is 0.336 e. The third kappa shape index (κ3) is 3.32. The number of carboxylic acids is 2. The van der Waals surface area contributed by atoms with Crippen molar-refractivity contribution in [1.29, 1.82) is 0 Å². The van der Waals surface area contributed by atoms with Crippen LogP contribution >= 0.6 is 0 Å². The zero-order valence-electron chi connectivity index (χ0n) is 13.6. The van der Waals surface area contributed by atoms with E-state index >= 15 is 0 Å². The molecule has 0 amide bonds. The van der Waals surface area contributed by atoms with E-state index in [9.17, 15) is 14.7 Å². The van der Waals surface area contributed by atoms with Gasteiger partial charge in [-0.2, -0.15) is 0 Å². The zero-order valence-corrected chi connectivity index (χ0v) is 13.6. The molecule has 0 radical (unpaired) electrons. The first-order valence-corrected chi connectivity index (χ1v) is 7.19. The Morgan fingerprint density at radius 2 is 1.62 bits per heavy atom. The van der Waals surface area contributed by atoms with Crippen molar-refractivity contribution in [3.05, 3.63) is 58.1 Å². The van der Waals surface area contributed by atoms with Crippen LogP contribution in [0.1, 0.15) is 37.4 Å². The summed E-state index contributed by atoms with van der Waals surface area (Å²) in [4.78, 5) is 22.8. The zero-order chi connectivity index (χ0) is 17.9. The fourth-order valence-corrected chi connectivity index (χ4v) is 2.65. The van der Waals surface area contributed by atoms with Crippen LogP contribution in [0.3, 0.4) is 0 Å². The standard InChI is InChI=1S/C18H18O6/c1-10-14(17(19)20)7-5-12(16(10)18(21)22)8-11-4-6-13(23-2)9-15(11)24-3/h4-7,9H,8H2,1-3H3,(H,19,20)(H,21,22). The van der Waals surface area contributed by atoms with Gasteiger partial charge in [0.15, 0.2) is 0 Å². The summed E-state index contributed by atoms with van der Waals surface area (Å²) in [7, 11) is 3.07. The SMILES string of the molecule is COc1ccc(Cc2ccc(C(=O)O)c(C)c2C(=O)O)c(OC)c1. The monoisotopic (exact) mass is 330 g/mol. The van der Waals surface area contributed by atoms with Crippen molar-refractivity contribution in [3.8, 4) is 11.5 Å². The van der Waals surface area contributed by atoms with E-state index in [1.165, 1.54) is 26.2 Å². The highest BCUT2D eigenvalue weighted by Crippen LogP contribution is 2.29. The van der Waals surface area contributed by atoms with Crippen molar-refractivity contribution in [2.45, 2.75) is 13.3 Å². The van der Waals surface area contributed by atoms with Crippen molar-refractivity contribution in [2.75, 3.05) is 14.2 Å². The van der Waals surface area contributed by atoms with Crippen LogP contribution in [0.4, 0.5) is 0 Å². The molecule has 126 valence electrons. The first-order chi connectivity index (χ1) is 11.4. The summed E-state index contributed by atoms with van der Waals surface area (Å²) in [5, 5.41) is 18.7. The van der Waals surface area contributed by atoms with Crippen LogP contribution in [0.15, 0.2) is 30.3 Å². The number of ether oxygens (including phenoxy) is 2. The van der Waals surface area contributed by atoms with Crippen LogP contribution in [-0.2, 0) is 6.42 Å². The van der Waals surface area contributed by atoms with Crippen LogP contribution in [0.5, 0.6) is 11.5 Å². The molecule has 2 aromatic rings. The van der Waals surface area contributed by atoms with E-state index in [-0.39, 0.29) is 16.7 Å². The number of carboxylic acid groups (broad SMARTS) is 2. The normalized spacial score (nSPS) is 10.3. The van der Waals surface area contributed by atoms with E-state index in [0.717, 1.165) is 5.56 Å². The summed E-state index contributed by atoms with van der Waals surface area (Å²) >= 11 is 0. The predicted molar refractivity (Wildman–Crippen MR) is 87.4 cm³/mol. The smallest absolute Gasteiger partial charge is 0.336 e. The lowest BCUT2D eigenvalue weighted by Gasteiger charge is -2.14. The molecule has 0 aromatic heterocycles. The lowest BCUT2D eigenvalue weighted by Crippen LogP contribution is -2.11. The molecule has 0 heterocycles. The van der Waals surface area contributed by atoms with E-state index in [4.69, 9.17) is 14.6 Å². The first-order valence-electron chi connectivity index (χ1n) is 7.19. The Kier molecular flexibility index (Phi) is 5.08. The lowest BCUT2D eigenvalue weighted by atomic mass is 9.92. The molecule has 0 aliphatic heterocycles. The van der Waals surface area contributed by atoms with Gasteiger partial charge >= 0.3 is 11.9 Å². The van der Waals surface area contributed by atoms with Crippen LogP contribution in [0, 0.1) is 6.92 Å². The number of benzene rings is 2. The Labute approximate surface area is 139 Å². The largest absolute Gasteiger partial charge is 0.497 e. The summed E-state index contributed by atoms with van der Waals surface area (Å²) < 4.78 is 10.5. The Balaban J connectivity index is 2.52. The molecule has 0 unspecified atom stereocenters. The average Bonchev–Trinajstić information content (AvgIpc) is 2.54. The predicted octanol–water partition coefficient (Wildman–Crippen LogP) is 3.00. The highest BCUT2D eigenvalue weighted by molar-refractivity contribution is 5.97. The Hall–Kier alpha value is -3.02. The summed E-state index contributed by atoms with van der Waals surface area (Å²) in [6, 6.07) is 8.23. The minimum Gasteiger partial charge on any atom is -0.497 e. The minimum atomic E-state index is -1.15. The number of methoxy groups -OCH3 is 2. The van der Waals surface area contributed by atoms with Crippen molar-refractivity contribution >= 4 is 11.9 Å². The van der Waals surface area contributed by atoms with Crippen molar-refractivity contribution in [3.63, 3.8) is 0 Å². The maximum absolute atomic E-state index is 11.6. The van der Waals surface area contributed by atoms with Crippen LogP contribution in [0.2, 0.25) is 0 Å². The Morgan fingerprint density at radius 1 is 0.958 bits per heavy atom. The molecule has 0 spiro atoms. The number of hydrogen-bond acceptors (Lipinski definition) is 4. The molecule has 2 aromatic carbocycles. The number of hydrogen-bond donors (Lipinski definition) is 2. The van der Waals surface area contributed by atoms with E-state index in [1.807, 2.05) is 0 Å². The molecule has 0 saturated carbocycles. The molecule has 0 bridgehead atoms. The topological polar surface area (TPSA) is 93.1 Å². The molecule has 2 N–H and O–H groups in total. The molecule has 0 fully saturated rings. The van der Waals surface area contributed by atoms with Crippen molar-refractivity contribution in [2.24, 2.45) is 0 Å². The first kappa shape index (κ1) is 17.3. The maximum atomic E-state index is 11.6. The second kappa shape index (κ2) is 7.04. The van der Waals surface area contributed by atoms with E-state index in [1.54, 1.807) is 25.3 Å². The van der Waals surface area contributed by atoms with Gasteiger partial charge in [0.05, 0.1) is 25.3 Å². The minimum absolute atomic E-state index is 0.00720. The van der Waals surface area contributed by atoms with Gasteiger partial charge in [0, 0.05) is 12.5 Å². The summed E-state index contributed by atoms with van der Waals surface area (Å²) in [5.74, 6) is -1.10. The van der Waals surface area contributed by atoms with Gasteiger partial charge in [0.25, 0.3) is 0 Å². The second-order valence-electron chi connectivity index (χ2n) is 5.24. The number of aromatic carboxylic acids is 2. The molecule has 2 rings (SSSR count). The molecule has 0 atom stereocenters. The van der Waals surface area contributed by atoms with Crippen molar-refractivity contribution in [1.82, 2.24) is 0 Å². The third-order valence-electron chi connectivity index (χ3n) is 3.87. The average molecular weight is 330 g/mol. The fourth-order valence-electron chi connectivity index (χ4n) is 2.65. The molecule has 0 aliphatic rings. The number of carbonyl (C=O) groups is 2. The van der Waals surface area contributed by atoms with Gasteiger partial charge in [0.2, 0.25) is 0 Å². The van der Waals surface area contributed by atoms with Gasteiger partial charge in [-0.05, 0) is 35.7 Å². The third-order valence-corrected chi connectivity index (χ3v) is 3.87. The van der Waals surface area contributed by atoms with E-state index in [2.05, 4.69) is 0 Å². The highest BCUT2D eigenvalue weighted by Gasteiger charge is 2.20. The van der Waals surface area contributed by atoms with Gasteiger partial charge in [-0.1, -0.05) is 12.1 Å². The quantitative estimate of drug-likeness (QED) is 0.846. The number of rotatable bonds is 6. The Morgan fingerprint density at radius 3 is 2.17 bits per heavy atom. The van der Waals surface area contributed by atoms with Gasteiger partial charge in [0.1, 0.15) is 11.5 Å². The van der Waals surface area contributed by atoms with Crippen molar-refractivity contribution < 1.29 is 29.3 Å².